The Morgan fingerprint density at radius 3 is 1.21 bits per heavy atom. The van der Waals surface area contributed by atoms with Crippen LogP contribution >= 0.6 is 31.9 Å². The normalized spacial score (nSPS) is 10.8. The molecule has 2 aromatic carbocycles. The van der Waals surface area contributed by atoms with E-state index in [0.717, 1.165) is 33.3 Å². The second-order valence-electron chi connectivity index (χ2n) is 8.35. The highest BCUT2D eigenvalue weighted by Crippen LogP contribution is 2.27. The minimum atomic E-state index is 0.0589. The highest BCUT2D eigenvalue weighted by atomic mass is 79.9. The third-order valence-corrected chi connectivity index (χ3v) is 6.78. The van der Waals surface area contributed by atoms with Crippen LogP contribution in [0.5, 0.6) is 11.5 Å². The first-order valence-electron chi connectivity index (χ1n) is 11.9. The molecule has 6 nitrogen and oxygen atoms in total. The molecule has 8 heteroatoms. The van der Waals surface area contributed by atoms with Gasteiger partial charge < -0.3 is 20.9 Å². The Bertz CT molecular complexity index is 862. The summed E-state index contributed by atoms with van der Waals surface area (Å²) in [7, 11) is 0. The van der Waals surface area contributed by atoms with Gasteiger partial charge in [-0.05, 0) is 81.1 Å². The largest absolute Gasteiger partial charge is 0.492 e. The lowest BCUT2D eigenvalue weighted by Crippen LogP contribution is -2.11. The van der Waals surface area contributed by atoms with Crippen molar-refractivity contribution in [3.05, 3.63) is 56.5 Å². The summed E-state index contributed by atoms with van der Waals surface area (Å²) in [6.07, 6.45) is 12.1. The van der Waals surface area contributed by atoms with Gasteiger partial charge in [-0.3, -0.25) is 10.8 Å². The summed E-state index contributed by atoms with van der Waals surface area (Å²) in [5, 5.41) is 14.9. The van der Waals surface area contributed by atoms with Crippen LogP contribution in [0.3, 0.4) is 0 Å². The number of nitrogens with two attached hydrogens (primary N) is 2. The van der Waals surface area contributed by atoms with Crippen LogP contribution < -0.4 is 20.9 Å². The van der Waals surface area contributed by atoms with Gasteiger partial charge in [0.05, 0.1) is 22.2 Å². The summed E-state index contributed by atoms with van der Waals surface area (Å²) in [6, 6.07) is 11.0. The molecule has 0 atom stereocenters. The third-order valence-electron chi connectivity index (χ3n) is 5.54. The van der Waals surface area contributed by atoms with Crippen LogP contribution in [0.25, 0.3) is 0 Å². The minimum absolute atomic E-state index is 0.0589. The molecule has 0 bridgehead atoms. The van der Waals surface area contributed by atoms with Gasteiger partial charge in [-0.1, -0.05) is 51.4 Å². The summed E-state index contributed by atoms with van der Waals surface area (Å²) in [4.78, 5) is 0. The molecule has 2 rings (SSSR count). The van der Waals surface area contributed by atoms with E-state index in [-0.39, 0.29) is 11.7 Å². The SMILES string of the molecule is N=C(N)c1ccc(OCCCCCCCCCCCCOc2ccc(C(=N)N)cc2Br)c(Br)c1. The number of hydrogen-bond donors (Lipinski definition) is 4. The molecule has 0 radical (unpaired) electrons. The van der Waals surface area contributed by atoms with E-state index in [0.29, 0.717) is 24.3 Å². The number of nitrogen functional groups attached to an aromatic ring is 2. The smallest absolute Gasteiger partial charge is 0.133 e. The number of unbranched alkanes of at least 4 members (excludes halogenated alkanes) is 9. The molecule has 2 aromatic rings. The Kier molecular flexibility index (Phi) is 13.1. The summed E-state index contributed by atoms with van der Waals surface area (Å²) >= 11 is 6.95. The van der Waals surface area contributed by atoms with E-state index in [1.54, 1.807) is 0 Å². The standard InChI is InChI=1S/C26H36Br2N4O2/c27-21-17-19(25(29)30)11-13-23(21)33-15-9-7-5-3-1-2-4-6-8-10-16-34-24-14-12-20(26(31)32)18-22(24)28/h11-14,17-18H,1-10,15-16H2,(H3,29,30)(H3,31,32). The average Bonchev–Trinajstić information content (AvgIpc) is 2.80. The fourth-order valence-electron chi connectivity index (χ4n) is 3.55. The zero-order chi connectivity index (χ0) is 24.8. The van der Waals surface area contributed by atoms with Gasteiger partial charge in [-0.2, -0.15) is 0 Å². The van der Waals surface area contributed by atoms with E-state index in [1.165, 1.54) is 51.4 Å². The summed E-state index contributed by atoms with van der Waals surface area (Å²) in [6.45, 7) is 1.41. The van der Waals surface area contributed by atoms with Gasteiger partial charge >= 0.3 is 0 Å². The van der Waals surface area contributed by atoms with Crippen LogP contribution in [0.2, 0.25) is 0 Å². The van der Waals surface area contributed by atoms with Crippen LogP contribution in [-0.4, -0.2) is 24.9 Å². The maximum absolute atomic E-state index is 7.47. The molecule has 0 aliphatic rings. The molecule has 0 heterocycles. The predicted molar refractivity (Wildman–Crippen MR) is 147 cm³/mol. The van der Waals surface area contributed by atoms with Crippen molar-refractivity contribution in [3.8, 4) is 11.5 Å². The van der Waals surface area contributed by atoms with Crippen LogP contribution in [0, 0.1) is 10.8 Å². The summed E-state index contributed by atoms with van der Waals surface area (Å²) in [5.74, 6) is 1.72. The molecule has 0 aromatic heterocycles. The lowest BCUT2D eigenvalue weighted by Gasteiger charge is -2.10. The number of hydrogen-bond acceptors (Lipinski definition) is 4. The van der Waals surface area contributed by atoms with Crippen molar-refractivity contribution >= 4 is 43.5 Å². The van der Waals surface area contributed by atoms with Crippen LogP contribution in [0.4, 0.5) is 0 Å². The van der Waals surface area contributed by atoms with Crippen LogP contribution in [0.15, 0.2) is 45.3 Å². The molecule has 34 heavy (non-hydrogen) atoms. The zero-order valence-corrected chi connectivity index (χ0v) is 22.8. The zero-order valence-electron chi connectivity index (χ0n) is 19.7. The van der Waals surface area contributed by atoms with Gasteiger partial charge in [0, 0.05) is 11.1 Å². The van der Waals surface area contributed by atoms with Gasteiger partial charge in [-0.25, -0.2) is 0 Å². The number of nitrogens with one attached hydrogen (secondary N) is 2. The summed E-state index contributed by atoms with van der Waals surface area (Å²) in [5.41, 5.74) is 12.4. The molecule has 0 saturated carbocycles. The molecule has 186 valence electrons. The first kappa shape index (κ1) is 28.2. The molecule has 0 aliphatic carbocycles. The molecule has 0 spiro atoms. The molecule has 6 N–H and O–H groups in total. The number of benzene rings is 2. The molecule has 0 unspecified atom stereocenters. The maximum atomic E-state index is 7.47. The molecule has 0 aliphatic heterocycles. The van der Waals surface area contributed by atoms with Gasteiger partial charge in [0.25, 0.3) is 0 Å². The van der Waals surface area contributed by atoms with Gasteiger partial charge in [0.15, 0.2) is 0 Å². The van der Waals surface area contributed by atoms with Crippen molar-refractivity contribution in [2.75, 3.05) is 13.2 Å². The van der Waals surface area contributed by atoms with E-state index in [4.69, 9.17) is 31.8 Å². The molecule has 0 saturated heterocycles. The lowest BCUT2D eigenvalue weighted by molar-refractivity contribution is 0.301. The van der Waals surface area contributed by atoms with E-state index in [2.05, 4.69) is 31.9 Å². The Morgan fingerprint density at radius 2 is 0.912 bits per heavy atom. The Labute approximate surface area is 220 Å². The number of halogens is 2. The second-order valence-corrected chi connectivity index (χ2v) is 10.1. The van der Waals surface area contributed by atoms with E-state index in [1.807, 2.05) is 36.4 Å². The van der Waals surface area contributed by atoms with Crippen LogP contribution in [0.1, 0.15) is 75.3 Å². The van der Waals surface area contributed by atoms with E-state index in [9.17, 15) is 0 Å². The van der Waals surface area contributed by atoms with Crippen LogP contribution in [-0.2, 0) is 0 Å². The van der Waals surface area contributed by atoms with Crippen molar-refractivity contribution in [2.24, 2.45) is 11.5 Å². The highest BCUT2D eigenvalue weighted by Gasteiger charge is 2.05. The van der Waals surface area contributed by atoms with E-state index >= 15 is 0 Å². The minimum Gasteiger partial charge on any atom is -0.492 e. The molecular formula is C26H36Br2N4O2. The lowest BCUT2D eigenvalue weighted by atomic mass is 10.1. The van der Waals surface area contributed by atoms with Gasteiger partial charge in [-0.15, -0.1) is 0 Å². The monoisotopic (exact) mass is 594 g/mol. The molecular weight excluding hydrogens is 560 g/mol. The average molecular weight is 596 g/mol. The molecule has 0 fully saturated rings. The van der Waals surface area contributed by atoms with Crippen molar-refractivity contribution < 1.29 is 9.47 Å². The van der Waals surface area contributed by atoms with Gasteiger partial charge in [0.2, 0.25) is 0 Å². The van der Waals surface area contributed by atoms with Gasteiger partial charge in [0.1, 0.15) is 23.2 Å². The predicted octanol–water partition coefficient (Wildman–Crippen LogP) is 7.14. The fourth-order valence-corrected chi connectivity index (χ4v) is 4.54. The van der Waals surface area contributed by atoms with Crippen molar-refractivity contribution in [2.45, 2.75) is 64.2 Å². The number of ether oxygens (including phenoxy) is 2. The fraction of sp³-hybridized carbons (Fsp3) is 0.462. The second kappa shape index (κ2) is 15.8. The third kappa shape index (κ3) is 10.5. The van der Waals surface area contributed by atoms with Crippen molar-refractivity contribution in [3.63, 3.8) is 0 Å². The molecule has 0 amide bonds. The quantitative estimate of drug-likeness (QED) is 0.0882. The first-order chi connectivity index (χ1) is 16.4. The Balaban J connectivity index is 1.41. The Morgan fingerprint density at radius 1 is 0.588 bits per heavy atom. The highest BCUT2D eigenvalue weighted by molar-refractivity contribution is 9.10. The van der Waals surface area contributed by atoms with Crippen molar-refractivity contribution in [1.82, 2.24) is 0 Å². The topological polar surface area (TPSA) is 118 Å². The Hall–Kier alpha value is -2.06. The van der Waals surface area contributed by atoms with Crippen molar-refractivity contribution in [1.29, 1.82) is 10.8 Å². The van der Waals surface area contributed by atoms with E-state index < -0.39 is 0 Å². The number of rotatable bonds is 17. The first-order valence-corrected chi connectivity index (χ1v) is 13.5. The number of amidine groups is 2. The maximum Gasteiger partial charge on any atom is 0.133 e. The summed E-state index contributed by atoms with van der Waals surface area (Å²) < 4.78 is 13.3.